The maximum atomic E-state index is 12.0. The number of aliphatic carboxylic acids is 1. The monoisotopic (exact) mass is 294 g/mol. The largest absolute Gasteiger partial charge is 0.496 e. The van der Waals surface area contributed by atoms with Crippen molar-refractivity contribution >= 4 is 11.9 Å². The van der Waals surface area contributed by atoms with E-state index in [0.29, 0.717) is 5.75 Å². The molecule has 0 radical (unpaired) electrons. The lowest BCUT2D eigenvalue weighted by Crippen LogP contribution is -2.43. The van der Waals surface area contributed by atoms with Gasteiger partial charge in [-0.1, -0.05) is 18.2 Å². The van der Waals surface area contributed by atoms with E-state index in [9.17, 15) is 9.59 Å². The molecule has 0 heterocycles. The third-order valence-electron chi connectivity index (χ3n) is 3.39. The van der Waals surface area contributed by atoms with Crippen molar-refractivity contribution in [1.82, 2.24) is 10.2 Å². The van der Waals surface area contributed by atoms with Crippen molar-refractivity contribution in [2.45, 2.75) is 25.9 Å². The van der Waals surface area contributed by atoms with Crippen LogP contribution < -0.4 is 10.1 Å². The molecular formula is C15H22N2O4. The zero-order chi connectivity index (χ0) is 16.0. The summed E-state index contributed by atoms with van der Waals surface area (Å²) < 4.78 is 5.26. The Morgan fingerprint density at radius 3 is 2.52 bits per heavy atom. The first-order valence-corrected chi connectivity index (χ1v) is 6.72. The zero-order valence-corrected chi connectivity index (χ0v) is 12.8. The second-order valence-corrected chi connectivity index (χ2v) is 4.96. The molecular weight excluding hydrogens is 272 g/mol. The summed E-state index contributed by atoms with van der Waals surface area (Å²) >= 11 is 0. The lowest BCUT2D eigenvalue weighted by atomic mass is 10.1. The summed E-state index contributed by atoms with van der Waals surface area (Å²) in [5, 5.41) is 11.7. The minimum atomic E-state index is -0.955. The Morgan fingerprint density at radius 2 is 1.95 bits per heavy atom. The molecule has 0 aliphatic carbocycles. The first-order chi connectivity index (χ1) is 9.86. The molecule has 2 atom stereocenters. The average Bonchev–Trinajstić information content (AvgIpc) is 2.45. The second-order valence-electron chi connectivity index (χ2n) is 4.96. The van der Waals surface area contributed by atoms with Crippen LogP contribution in [0.1, 0.15) is 25.5 Å². The third-order valence-corrected chi connectivity index (χ3v) is 3.39. The van der Waals surface area contributed by atoms with Crippen LogP contribution in [0.25, 0.3) is 0 Å². The zero-order valence-electron chi connectivity index (χ0n) is 12.8. The SMILES string of the molecule is COc1ccccc1C(C)NC(=O)CN(C)C(C)C(=O)O. The number of carbonyl (C=O) groups excluding carboxylic acids is 1. The normalized spacial score (nSPS) is 13.6. The molecule has 0 aromatic heterocycles. The average molecular weight is 294 g/mol. The van der Waals surface area contributed by atoms with E-state index in [-0.39, 0.29) is 18.5 Å². The van der Waals surface area contributed by atoms with Gasteiger partial charge in [0.25, 0.3) is 0 Å². The van der Waals surface area contributed by atoms with E-state index >= 15 is 0 Å². The van der Waals surface area contributed by atoms with Gasteiger partial charge in [0, 0.05) is 5.56 Å². The summed E-state index contributed by atoms with van der Waals surface area (Å²) in [4.78, 5) is 24.3. The number of hydrogen-bond donors (Lipinski definition) is 2. The minimum absolute atomic E-state index is 0.0208. The van der Waals surface area contributed by atoms with E-state index in [4.69, 9.17) is 9.84 Å². The first-order valence-electron chi connectivity index (χ1n) is 6.72. The summed E-state index contributed by atoms with van der Waals surface area (Å²) in [5.41, 5.74) is 0.877. The molecule has 0 fully saturated rings. The van der Waals surface area contributed by atoms with Gasteiger partial charge in [-0.05, 0) is 27.0 Å². The molecule has 0 bridgehead atoms. The van der Waals surface area contributed by atoms with Crippen molar-refractivity contribution < 1.29 is 19.4 Å². The van der Waals surface area contributed by atoms with Crippen molar-refractivity contribution in [2.24, 2.45) is 0 Å². The number of benzene rings is 1. The van der Waals surface area contributed by atoms with E-state index in [1.165, 1.54) is 4.90 Å². The number of nitrogens with one attached hydrogen (secondary N) is 1. The maximum Gasteiger partial charge on any atom is 0.320 e. The van der Waals surface area contributed by atoms with Gasteiger partial charge in [0.15, 0.2) is 0 Å². The summed E-state index contributed by atoms with van der Waals surface area (Å²) in [7, 11) is 3.18. The highest BCUT2D eigenvalue weighted by Gasteiger charge is 2.20. The van der Waals surface area contributed by atoms with Gasteiger partial charge in [-0.2, -0.15) is 0 Å². The maximum absolute atomic E-state index is 12.0. The highest BCUT2D eigenvalue weighted by atomic mass is 16.5. The number of amides is 1. The van der Waals surface area contributed by atoms with Crippen LogP contribution in [0.2, 0.25) is 0 Å². The second kappa shape index (κ2) is 7.64. The molecule has 0 spiro atoms. The summed E-state index contributed by atoms with van der Waals surface area (Å²) in [6.45, 7) is 3.42. The molecule has 1 aromatic rings. The molecule has 0 aliphatic heterocycles. The van der Waals surface area contributed by atoms with Crippen LogP contribution in [-0.2, 0) is 9.59 Å². The Morgan fingerprint density at radius 1 is 1.33 bits per heavy atom. The predicted octanol–water partition coefficient (Wildman–Crippen LogP) is 1.28. The van der Waals surface area contributed by atoms with Gasteiger partial charge in [0.2, 0.25) is 5.91 Å². The van der Waals surface area contributed by atoms with Crippen LogP contribution in [0, 0.1) is 0 Å². The standard InChI is InChI=1S/C15H22N2O4/c1-10(12-7-5-6-8-13(12)21-4)16-14(18)9-17(3)11(2)15(19)20/h5-8,10-11H,9H2,1-4H3,(H,16,18)(H,19,20). The quantitative estimate of drug-likeness (QED) is 0.792. The van der Waals surface area contributed by atoms with Gasteiger partial charge >= 0.3 is 5.97 Å². The van der Waals surface area contributed by atoms with Gasteiger partial charge < -0.3 is 15.2 Å². The highest BCUT2D eigenvalue weighted by Crippen LogP contribution is 2.24. The first kappa shape index (κ1) is 17.0. The number of methoxy groups -OCH3 is 1. The van der Waals surface area contributed by atoms with Crippen LogP contribution >= 0.6 is 0 Å². The van der Waals surface area contributed by atoms with Crippen molar-refractivity contribution in [3.05, 3.63) is 29.8 Å². The Labute approximate surface area is 124 Å². The number of para-hydroxylation sites is 1. The topological polar surface area (TPSA) is 78.9 Å². The highest BCUT2D eigenvalue weighted by molar-refractivity contribution is 5.80. The number of carbonyl (C=O) groups is 2. The summed E-state index contributed by atoms with van der Waals surface area (Å²) in [5.74, 6) is -0.482. The van der Waals surface area contributed by atoms with Crippen LogP contribution in [0.3, 0.4) is 0 Å². The summed E-state index contributed by atoms with van der Waals surface area (Å²) in [6.07, 6.45) is 0. The number of carboxylic acid groups (broad SMARTS) is 1. The van der Waals surface area contributed by atoms with Crippen molar-refractivity contribution in [3.8, 4) is 5.75 Å². The Balaban J connectivity index is 2.64. The fourth-order valence-electron chi connectivity index (χ4n) is 1.94. The van der Waals surface area contributed by atoms with Gasteiger partial charge in [-0.3, -0.25) is 14.5 Å². The summed E-state index contributed by atoms with van der Waals surface area (Å²) in [6, 6.07) is 6.52. The molecule has 1 rings (SSSR count). The molecule has 21 heavy (non-hydrogen) atoms. The number of ether oxygens (including phenoxy) is 1. The molecule has 1 aromatic carbocycles. The van der Waals surface area contributed by atoms with Crippen LogP contribution in [0.4, 0.5) is 0 Å². The van der Waals surface area contributed by atoms with E-state index in [1.807, 2.05) is 31.2 Å². The van der Waals surface area contributed by atoms with E-state index in [2.05, 4.69) is 5.32 Å². The number of carboxylic acids is 1. The van der Waals surface area contributed by atoms with Crippen LogP contribution in [-0.4, -0.2) is 48.6 Å². The lowest BCUT2D eigenvalue weighted by Gasteiger charge is -2.22. The van der Waals surface area contributed by atoms with E-state index in [1.54, 1.807) is 21.1 Å². The molecule has 0 saturated carbocycles. The molecule has 0 saturated heterocycles. The van der Waals surface area contributed by atoms with E-state index in [0.717, 1.165) is 5.56 Å². The van der Waals surface area contributed by atoms with Crippen molar-refractivity contribution in [3.63, 3.8) is 0 Å². The molecule has 2 N–H and O–H groups in total. The molecule has 116 valence electrons. The lowest BCUT2D eigenvalue weighted by molar-refractivity contribution is -0.142. The molecule has 0 aliphatic rings. The number of hydrogen-bond acceptors (Lipinski definition) is 4. The smallest absolute Gasteiger partial charge is 0.320 e. The van der Waals surface area contributed by atoms with Gasteiger partial charge in [0.05, 0.1) is 19.7 Å². The van der Waals surface area contributed by atoms with Gasteiger partial charge in [-0.25, -0.2) is 0 Å². The molecule has 6 nitrogen and oxygen atoms in total. The Hall–Kier alpha value is -2.08. The Bertz CT molecular complexity index is 504. The van der Waals surface area contributed by atoms with Gasteiger partial charge in [0.1, 0.15) is 11.8 Å². The van der Waals surface area contributed by atoms with Gasteiger partial charge in [-0.15, -0.1) is 0 Å². The third kappa shape index (κ3) is 4.75. The van der Waals surface area contributed by atoms with E-state index < -0.39 is 12.0 Å². The predicted molar refractivity (Wildman–Crippen MR) is 79.3 cm³/mol. The minimum Gasteiger partial charge on any atom is -0.496 e. The molecule has 1 amide bonds. The van der Waals surface area contributed by atoms with Crippen LogP contribution in [0.15, 0.2) is 24.3 Å². The molecule has 6 heteroatoms. The Kier molecular flexibility index (Phi) is 6.17. The fourth-order valence-corrected chi connectivity index (χ4v) is 1.94. The number of nitrogens with zero attached hydrogens (tertiary/aromatic N) is 1. The van der Waals surface area contributed by atoms with Crippen molar-refractivity contribution in [1.29, 1.82) is 0 Å². The fraction of sp³-hybridized carbons (Fsp3) is 0.467. The molecule has 2 unspecified atom stereocenters. The van der Waals surface area contributed by atoms with Crippen LogP contribution in [0.5, 0.6) is 5.75 Å². The number of rotatable bonds is 7. The van der Waals surface area contributed by atoms with Crippen molar-refractivity contribution in [2.75, 3.05) is 20.7 Å². The number of likely N-dealkylation sites (N-methyl/N-ethyl adjacent to an activating group) is 1.